The van der Waals surface area contributed by atoms with Crippen molar-refractivity contribution < 1.29 is 33.7 Å². The second-order valence-electron chi connectivity index (χ2n) is 28.5. The molecule has 0 radical (unpaired) electrons. The highest BCUT2D eigenvalue weighted by Crippen LogP contribution is 2.71. The Morgan fingerprint density at radius 3 is 1.41 bits per heavy atom. The standard InChI is InChI=1S/C30H52O4Si.C28H50O3Si.CH2Cl2/c1-19(18-33-21(3)31)24-12-13-25-22(11-10-14-29(24,25)7)15-20(2)30-17-23(30)16-26(27(30)32)34-35(8,9)28(4,5)6;1-18(17-29)22-11-12-23-20(10-9-13-27(22,23)6)14-19(2)28-16-21(28)15-24(25(28)30)31-32(7,8)26(3,4)5;2-1-3/h15,19-20,23-27,32H,10-14,16-18H2,1-9H3;14,18-19,21-25,29-30H,9-13,15-17H2,1-8H3;1H2/b22-15+;20-14+;/t19-,20-,23?,24-,25+,26+,27?,29-,30-;18-,19-,21?,22-,23+,24+,25?,27-,28-;/m11./s1. The van der Waals surface area contributed by atoms with Gasteiger partial charge in [0.1, 0.15) is 0 Å². The Kier molecular flexibility index (Phi) is 18.3. The third kappa shape index (κ3) is 11.1. The molecule has 18 atom stereocenters. The monoisotopic (exact) mass is 1050 g/mol. The molecule has 0 heterocycles. The number of carbonyl (C=O) groups is 1. The van der Waals surface area contributed by atoms with E-state index in [0.717, 1.165) is 19.3 Å². The molecule has 0 spiro atoms. The Morgan fingerprint density at radius 1 is 0.700 bits per heavy atom. The molecule has 404 valence electrons. The molecule has 0 saturated heterocycles. The zero-order valence-electron chi connectivity index (χ0n) is 47.5. The molecule has 70 heavy (non-hydrogen) atoms. The highest BCUT2D eigenvalue weighted by Gasteiger charge is 2.70. The number of aliphatic hydroxyl groups excluding tert-OH is 3. The first-order valence-corrected chi connectivity index (χ1v) is 35.2. The fraction of sp³-hybridized carbons (Fsp3) is 0.915. The molecule has 0 amide bonds. The van der Waals surface area contributed by atoms with Crippen molar-refractivity contribution in [3.8, 4) is 0 Å². The first-order chi connectivity index (χ1) is 32.3. The summed E-state index contributed by atoms with van der Waals surface area (Å²) in [7, 11) is -3.77. The minimum absolute atomic E-state index is 0.00472. The van der Waals surface area contributed by atoms with Gasteiger partial charge in [-0.2, -0.15) is 0 Å². The lowest BCUT2D eigenvalue weighted by molar-refractivity contribution is -0.143. The Bertz CT molecular complexity index is 1880. The van der Waals surface area contributed by atoms with E-state index in [0.29, 0.717) is 83.2 Å². The van der Waals surface area contributed by atoms with Crippen molar-refractivity contribution in [2.24, 2.45) is 80.8 Å². The first-order valence-electron chi connectivity index (χ1n) is 28.3. The molecule has 8 rings (SSSR count). The SMILES string of the molecule is CC(=O)OC[C@@H](C)[C@H]1CC[C@H]2/C(=C/[C@@H](C)[C@]34CC3C[C@H](O[Si](C)(C)C(C)(C)C)C4O)CCC[C@]12C.C[C@H](CO)[C@H]1CC[C@H]2/C(=C/[C@@H](C)[C@]34CC3C[C@H](O[Si](C)(C)C(C)(C)C)C4O)CCC[C@]12C.ClCCl. The van der Waals surface area contributed by atoms with Gasteiger partial charge in [-0.15, -0.1) is 23.2 Å². The number of fused-ring (bicyclic) bond motifs is 4. The zero-order chi connectivity index (χ0) is 52.4. The van der Waals surface area contributed by atoms with E-state index in [4.69, 9.17) is 36.8 Å². The summed E-state index contributed by atoms with van der Waals surface area (Å²) in [6.07, 6.45) is 21.5. The summed E-state index contributed by atoms with van der Waals surface area (Å²) in [6, 6.07) is 0. The van der Waals surface area contributed by atoms with Crippen molar-refractivity contribution in [1.82, 2.24) is 0 Å². The van der Waals surface area contributed by atoms with Crippen molar-refractivity contribution in [3.05, 3.63) is 23.3 Å². The number of aliphatic hydroxyl groups is 3. The van der Waals surface area contributed by atoms with Gasteiger partial charge in [-0.3, -0.25) is 4.79 Å². The van der Waals surface area contributed by atoms with Gasteiger partial charge >= 0.3 is 5.97 Å². The molecular weight excluding hydrogens is 948 g/mol. The predicted octanol–water partition coefficient (Wildman–Crippen LogP) is 15.1. The van der Waals surface area contributed by atoms with Crippen LogP contribution in [0.5, 0.6) is 0 Å². The maximum atomic E-state index is 11.6. The lowest BCUT2D eigenvalue weighted by Gasteiger charge is -2.45. The quantitative estimate of drug-likeness (QED) is 0.0730. The van der Waals surface area contributed by atoms with Crippen LogP contribution in [-0.4, -0.2) is 80.9 Å². The van der Waals surface area contributed by atoms with E-state index in [1.54, 1.807) is 11.1 Å². The number of allylic oxidation sites excluding steroid dienone is 4. The van der Waals surface area contributed by atoms with Crippen molar-refractivity contribution in [3.63, 3.8) is 0 Å². The van der Waals surface area contributed by atoms with Crippen LogP contribution >= 0.6 is 23.2 Å². The zero-order valence-corrected chi connectivity index (χ0v) is 51.0. The number of hydrogen-bond acceptors (Lipinski definition) is 7. The third-order valence-electron chi connectivity index (χ3n) is 22.7. The molecule has 11 heteroatoms. The maximum absolute atomic E-state index is 11.6. The molecular formula is C59H104Cl2O7Si2. The Balaban J connectivity index is 0.000000218. The van der Waals surface area contributed by atoms with Gasteiger partial charge in [-0.25, -0.2) is 0 Å². The number of rotatable bonds is 13. The van der Waals surface area contributed by atoms with Gasteiger partial charge < -0.3 is 28.9 Å². The smallest absolute Gasteiger partial charge is 0.302 e. The van der Waals surface area contributed by atoms with E-state index in [9.17, 15) is 20.1 Å². The van der Waals surface area contributed by atoms with Crippen LogP contribution in [0, 0.1) is 80.8 Å². The van der Waals surface area contributed by atoms with Gasteiger partial charge in [0, 0.05) is 24.4 Å². The number of carbonyl (C=O) groups excluding carboxylic acids is 1. The summed E-state index contributed by atoms with van der Waals surface area (Å²) in [5.41, 5.74) is 4.02. The Labute approximate surface area is 440 Å². The van der Waals surface area contributed by atoms with Crippen LogP contribution in [-0.2, 0) is 18.4 Å². The molecule has 0 bridgehead atoms. The molecule has 4 unspecified atom stereocenters. The van der Waals surface area contributed by atoms with Crippen LogP contribution in [0.25, 0.3) is 0 Å². The predicted molar refractivity (Wildman–Crippen MR) is 296 cm³/mol. The van der Waals surface area contributed by atoms with Gasteiger partial charge in [-0.05, 0) is 196 Å². The van der Waals surface area contributed by atoms with Gasteiger partial charge in [0.05, 0.1) is 36.4 Å². The molecule has 8 saturated carbocycles. The van der Waals surface area contributed by atoms with Crippen LogP contribution in [0.4, 0.5) is 0 Å². The average Bonchev–Trinajstić information content (AvgIpc) is 3.99. The van der Waals surface area contributed by atoms with E-state index in [1.807, 2.05) is 0 Å². The molecule has 3 N–H and O–H groups in total. The van der Waals surface area contributed by atoms with Crippen molar-refractivity contribution in [2.45, 2.75) is 241 Å². The molecule has 8 aliphatic carbocycles. The maximum Gasteiger partial charge on any atom is 0.302 e. The number of alkyl halides is 2. The fourth-order valence-corrected chi connectivity index (χ4v) is 19.1. The summed E-state index contributed by atoms with van der Waals surface area (Å²) < 4.78 is 18.9. The van der Waals surface area contributed by atoms with E-state index < -0.39 is 16.6 Å². The molecule has 0 aliphatic heterocycles. The Hall–Kier alpha value is -0.236. The number of ether oxygens (including phenoxy) is 1. The lowest BCUT2D eigenvalue weighted by Crippen LogP contribution is -2.47. The van der Waals surface area contributed by atoms with E-state index in [-0.39, 0.29) is 56.6 Å². The van der Waals surface area contributed by atoms with Crippen LogP contribution < -0.4 is 0 Å². The number of hydrogen-bond donors (Lipinski definition) is 3. The van der Waals surface area contributed by atoms with Gasteiger partial charge in [0.25, 0.3) is 0 Å². The topological polar surface area (TPSA) is 105 Å². The highest BCUT2D eigenvalue weighted by atomic mass is 35.5. The van der Waals surface area contributed by atoms with E-state index >= 15 is 0 Å². The highest BCUT2D eigenvalue weighted by molar-refractivity contribution is 6.74. The van der Waals surface area contributed by atoms with Gasteiger partial charge in [0.15, 0.2) is 16.6 Å². The molecule has 0 aromatic rings. The molecule has 7 nitrogen and oxygen atoms in total. The minimum atomic E-state index is -1.90. The summed E-state index contributed by atoms with van der Waals surface area (Å²) in [5, 5.41) is 33.4. The second kappa shape index (κ2) is 21.7. The second-order valence-corrected chi connectivity index (χ2v) is 38.8. The summed E-state index contributed by atoms with van der Waals surface area (Å²) >= 11 is 9.53. The minimum Gasteiger partial charge on any atom is -0.466 e. The molecule has 0 aromatic carbocycles. The third-order valence-corrected chi connectivity index (χ3v) is 31.7. The fourth-order valence-electron chi connectivity index (χ4n) is 16.4. The van der Waals surface area contributed by atoms with Crippen LogP contribution in [0.2, 0.25) is 36.3 Å². The molecule has 8 aliphatic rings. The summed E-state index contributed by atoms with van der Waals surface area (Å²) in [4.78, 5) is 11.4. The lowest BCUT2D eigenvalue weighted by atomic mass is 9.61. The summed E-state index contributed by atoms with van der Waals surface area (Å²) in [5.74, 6) is 5.24. The molecule has 8 fully saturated rings. The van der Waals surface area contributed by atoms with Crippen LogP contribution in [0.15, 0.2) is 23.3 Å². The van der Waals surface area contributed by atoms with Crippen LogP contribution in [0.1, 0.15) is 180 Å². The van der Waals surface area contributed by atoms with Crippen LogP contribution in [0.3, 0.4) is 0 Å². The van der Waals surface area contributed by atoms with Crippen molar-refractivity contribution in [1.29, 1.82) is 0 Å². The average molecular weight is 1050 g/mol. The van der Waals surface area contributed by atoms with E-state index in [1.165, 1.54) is 77.6 Å². The van der Waals surface area contributed by atoms with Crippen molar-refractivity contribution >= 4 is 45.8 Å². The van der Waals surface area contributed by atoms with Crippen molar-refractivity contribution in [2.75, 3.05) is 18.6 Å². The van der Waals surface area contributed by atoms with Gasteiger partial charge in [0.2, 0.25) is 0 Å². The van der Waals surface area contributed by atoms with E-state index in [2.05, 4.69) is 121 Å². The first kappa shape index (κ1) is 59.0. The molecule has 0 aromatic heterocycles. The largest absolute Gasteiger partial charge is 0.466 e. The van der Waals surface area contributed by atoms with Gasteiger partial charge in [-0.1, -0.05) is 106 Å². The Morgan fingerprint density at radius 2 is 1.07 bits per heavy atom. The number of halogens is 2. The summed E-state index contributed by atoms with van der Waals surface area (Å²) in [6.45, 7) is 39.6. The number of esters is 1. The normalized spacial score (nSPS) is 41.7.